The number of aliphatic hydroxyl groups excluding tert-OH is 2. The van der Waals surface area contributed by atoms with E-state index >= 15 is 0 Å². The van der Waals surface area contributed by atoms with Gasteiger partial charge in [-0.25, -0.2) is 4.98 Å². The third kappa shape index (κ3) is 3.90. The van der Waals surface area contributed by atoms with Crippen molar-refractivity contribution in [2.75, 3.05) is 38.2 Å². The molecule has 2 heterocycles. The average molecular weight is 452 g/mol. The zero-order valence-electron chi connectivity index (χ0n) is 18.5. The Hall–Kier alpha value is -1.55. The zero-order valence-corrected chi connectivity index (χ0v) is 19.3. The smallest absolute Gasteiger partial charge is 0.223 e. The number of aromatic nitrogens is 1. The van der Waals surface area contributed by atoms with Crippen LogP contribution in [-0.4, -0.2) is 70.9 Å². The molecule has 0 bridgehead atoms. The molecule has 2 amide bonds. The van der Waals surface area contributed by atoms with Gasteiger partial charge in [0.1, 0.15) is 0 Å². The number of aliphatic hydroxyl groups is 2. The summed E-state index contributed by atoms with van der Waals surface area (Å²) in [5.74, 6) is -0.207. The minimum Gasteiger partial charge on any atom is -0.396 e. The van der Waals surface area contributed by atoms with Gasteiger partial charge in [0.15, 0.2) is 5.13 Å². The van der Waals surface area contributed by atoms with Crippen LogP contribution in [0.2, 0.25) is 0 Å². The van der Waals surface area contributed by atoms with Gasteiger partial charge in [-0.15, -0.1) is 11.3 Å². The standard InChI is InChI=1S/C22H33N3O5S/c1-13(27)23-20-24-19-14(10-18(29)25-6-8-30-9-7-25)21(2)5-4-17(28)22(3,12-26)16(21)11-15(19)31-20/h14,16-17,26,28H,4-12H2,1-3H3,(H,23,24,27)/t14-,16+,17-,21+,22+/m1/s1. The Morgan fingerprint density at radius 1 is 1.32 bits per heavy atom. The number of rotatable bonds is 4. The molecule has 5 atom stereocenters. The highest BCUT2D eigenvalue weighted by Gasteiger charge is 2.59. The first kappa shape index (κ1) is 22.6. The van der Waals surface area contributed by atoms with Gasteiger partial charge in [0.25, 0.3) is 0 Å². The van der Waals surface area contributed by atoms with Crippen LogP contribution in [-0.2, 0) is 20.7 Å². The minimum absolute atomic E-state index is 0.00867. The first-order valence-electron chi connectivity index (χ1n) is 11.1. The number of carbonyl (C=O) groups excluding carboxylic acids is 2. The van der Waals surface area contributed by atoms with E-state index in [9.17, 15) is 19.8 Å². The molecule has 1 aliphatic heterocycles. The first-order valence-corrected chi connectivity index (χ1v) is 11.9. The molecular weight excluding hydrogens is 418 g/mol. The van der Waals surface area contributed by atoms with Crippen molar-refractivity contribution >= 4 is 28.3 Å². The van der Waals surface area contributed by atoms with Crippen LogP contribution >= 0.6 is 11.3 Å². The maximum atomic E-state index is 13.3. The van der Waals surface area contributed by atoms with Crippen LogP contribution in [0.5, 0.6) is 0 Å². The summed E-state index contributed by atoms with van der Waals surface area (Å²) in [6.45, 7) is 7.81. The van der Waals surface area contributed by atoms with Gasteiger partial charge >= 0.3 is 0 Å². The molecule has 4 rings (SSSR count). The predicted octanol–water partition coefficient (Wildman–Crippen LogP) is 1.77. The molecule has 3 aliphatic rings. The molecule has 9 heteroatoms. The summed E-state index contributed by atoms with van der Waals surface area (Å²) in [6.07, 6.45) is 1.78. The fourth-order valence-electron chi connectivity index (χ4n) is 5.97. The second-order valence-electron chi connectivity index (χ2n) is 9.74. The largest absolute Gasteiger partial charge is 0.396 e. The van der Waals surface area contributed by atoms with Gasteiger partial charge in [0, 0.05) is 42.6 Å². The Bertz CT molecular complexity index is 854. The Balaban J connectivity index is 1.73. The Morgan fingerprint density at radius 3 is 2.68 bits per heavy atom. The number of ether oxygens (including phenoxy) is 1. The first-order chi connectivity index (χ1) is 14.7. The van der Waals surface area contributed by atoms with Crippen molar-refractivity contribution in [3.63, 3.8) is 0 Å². The molecule has 1 aromatic rings. The third-order valence-corrected chi connectivity index (χ3v) is 8.93. The van der Waals surface area contributed by atoms with Gasteiger partial charge in [-0.05, 0) is 30.6 Å². The molecule has 31 heavy (non-hydrogen) atoms. The van der Waals surface area contributed by atoms with Crippen molar-refractivity contribution in [1.29, 1.82) is 0 Å². The molecule has 0 aromatic carbocycles. The quantitative estimate of drug-likeness (QED) is 0.643. The van der Waals surface area contributed by atoms with Gasteiger partial charge in [0.2, 0.25) is 11.8 Å². The Labute approximate surface area is 187 Å². The van der Waals surface area contributed by atoms with Gasteiger partial charge in [-0.2, -0.15) is 0 Å². The van der Waals surface area contributed by atoms with Crippen molar-refractivity contribution < 1.29 is 24.5 Å². The number of nitrogens with one attached hydrogen (secondary N) is 1. The number of anilines is 1. The van der Waals surface area contributed by atoms with Crippen LogP contribution in [0, 0.1) is 16.7 Å². The fourth-order valence-corrected chi connectivity index (χ4v) is 7.08. The lowest BCUT2D eigenvalue weighted by Gasteiger charge is -2.58. The number of nitrogens with zero attached hydrogens (tertiary/aromatic N) is 2. The van der Waals surface area contributed by atoms with Crippen molar-refractivity contribution in [1.82, 2.24) is 9.88 Å². The van der Waals surface area contributed by atoms with E-state index in [-0.39, 0.29) is 35.7 Å². The van der Waals surface area contributed by atoms with Crippen LogP contribution in [0.15, 0.2) is 0 Å². The number of morpholine rings is 1. The second-order valence-corrected chi connectivity index (χ2v) is 10.8. The van der Waals surface area contributed by atoms with Crippen molar-refractivity contribution in [2.24, 2.45) is 16.7 Å². The normalized spacial score (nSPS) is 35.3. The van der Waals surface area contributed by atoms with E-state index in [2.05, 4.69) is 12.2 Å². The summed E-state index contributed by atoms with van der Waals surface area (Å²) in [5.41, 5.74) is -0.0399. The van der Waals surface area contributed by atoms with E-state index in [1.54, 1.807) is 0 Å². The molecule has 172 valence electrons. The summed E-state index contributed by atoms with van der Waals surface area (Å²) >= 11 is 1.45. The molecule has 2 fully saturated rings. The van der Waals surface area contributed by atoms with Gasteiger partial charge < -0.3 is 25.2 Å². The van der Waals surface area contributed by atoms with E-state index < -0.39 is 11.5 Å². The minimum atomic E-state index is -0.650. The third-order valence-electron chi connectivity index (χ3n) is 7.92. The van der Waals surface area contributed by atoms with Gasteiger partial charge in [-0.3, -0.25) is 9.59 Å². The lowest BCUT2D eigenvalue weighted by molar-refractivity contribution is -0.149. The lowest BCUT2D eigenvalue weighted by atomic mass is 9.47. The highest BCUT2D eigenvalue weighted by atomic mass is 32.1. The summed E-state index contributed by atoms with van der Waals surface area (Å²) in [5, 5.41) is 24.5. The second kappa shape index (κ2) is 8.42. The van der Waals surface area contributed by atoms with Crippen LogP contribution in [0.25, 0.3) is 0 Å². The van der Waals surface area contributed by atoms with E-state index in [0.717, 1.165) is 17.0 Å². The summed E-state index contributed by atoms with van der Waals surface area (Å²) in [7, 11) is 0. The molecule has 0 spiro atoms. The topological polar surface area (TPSA) is 112 Å². The molecule has 0 radical (unpaired) electrons. The van der Waals surface area contributed by atoms with Crippen molar-refractivity contribution in [3.8, 4) is 0 Å². The van der Waals surface area contributed by atoms with Gasteiger partial charge in [-0.1, -0.05) is 13.8 Å². The van der Waals surface area contributed by atoms with E-state index in [1.807, 2.05) is 11.8 Å². The SMILES string of the molecule is CC(=O)Nc1nc2c(s1)C[C@@H]1[C@](C)(CO)[C@H](O)CC[C@@]1(C)[C@@H]2CC(=O)N1CCOCC1. The van der Waals surface area contributed by atoms with E-state index in [1.165, 1.54) is 18.3 Å². The Kier molecular flexibility index (Phi) is 6.15. The predicted molar refractivity (Wildman–Crippen MR) is 117 cm³/mol. The van der Waals surface area contributed by atoms with E-state index in [4.69, 9.17) is 9.72 Å². The van der Waals surface area contributed by atoms with E-state index in [0.29, 0.717) is 50.7 Å². The zero-order chi connectivity index (χ0) is 22.4. The van der Waals surface area contributed by atoms with Crippen LogP contribution in [0.1, 0.15) is 56.5 Å². The molecule has 3 N–H and O–H groups in total. The number of hydrogen-bond acceptors (Lipinski definition) is 7. The number of fused-ring (bicyclic) bond motifs is 2. The summed E-state index contributed by atoms with van der Waals surface area (Å²) < 4.78 is 5.40. The number of hydrogen-bond donors (Lipinski definition) is 3. The number of amides is 2. The van der Waals surface area contributed by atoms with Crippen LogP contribution in [0.4, 0.5) is 5.13 Å². The summed E-state index contributed by atoms with van der Waals surface area (Å²) in [6, 6.07) is 0. The van der Waals surface area contributed by atoms with Crippen molar-refractivity contribution in [3.05, 3.63) is 10.6 Å². The molecule has 1 saturated heterocycles. The monoisotopic (exact) mass is 451 g/mol. The number of carbonyl (C=O) groups is 2. The molecule has 0 unspecified atom stereocenters. The average Bonchev–Trinajstić information content (AvgIpc) is 3.14. The van der Waals surface area contributed by atoms with Crippen LogP contribution < -0.4 is 5.32 Å². The lowest BCUT2D eigenvalue weighted by Crippen LogP contribution is -2.58. The van der Waals surface area contributed by atoms with Gasteiger partial charge in [0.05, 0.1) is 31.6 Å². The summed E-state index contributed by atoms with van der Waals surface area (Å²) in [4.78, 5) is 32.5. The highest BCUT2D eigenvalue weighted by molar-refractivity contribution is 7.15. The molecular formula is C22H33N3O5S. The maximum Gasteiger partial charge on any atom is 0.223 e. The van der Waals surface area contributed by atoms with Crippen LogP contribution in [0.3, 0.4) is 0 Å². The molecule has 1 saturated carbocycles. The van der Waals surface area contributed by atoms with Crippen molar-refractivity contribution in [2.45, 2.75) is 58.5 Å². The highest BCUT2D eigenvalue weighted by Crippen LogP contribution is 2.62. The molecule has 1 aromatic heterocycles. The maximum absolute atomic E-state index is 13.3. The number of thiazole rings is 1. The molecule has 2 aliphatic carbocycles. The fraction of sp³-hybridized carbons (Fsp3) is 0.773. The Morgan fingerprint density at radius 2 is 2.03 bits per heavy atom. The molecule has 8 nitrogen and oxygen atoms in total.